The third-order valence-electron chi connectivity index (χ3n) is 7.02. The summed E-state index contributed by atoms with van der Waals surface area (Å²) < 4.78 is 0. The number of rotatable bonds is 4. The maximum Gasteiger partial charge on any atom is 0.226 e. The molecule has 2 N–H and O–H groups in total. The number of hydrogen-bond acceptors (Lipinski definition) is 4. The lowest BCUT2D eigenvalue weighted by atomic mass is 9.91. The van der Waals surface area contributed by atoms with E-state index in [2.05, 4.69) is 20.4 Å². The maximum atomic E-state index is 12.9. The Labute approximate surface area is 170 Å². The first-order valence-electron chi connectivity index (χ1n) is 10.8. The minimum absolute atomic E-state index is 0.0976. The first-order chi connectivity index (χ1) is 14.2. The van der Waals surface area contributed by atoms with Crippen LogP contribution in [-0.4, -0.2) is 68.2 Å². The lowest BCUT2D eigenvalue weighted by molar-refractivity contribution is -0.139. The number of H-pyrrole nitrogens is 2. The van der Waals surface area contributed by atoms with Crippen LogP contribution in [0.15, 0.2) is 24.8 Å². The van der Waals surface area contributed by atoms with Gasteiger partial charge in [0.2, 0.25) is 11.8 Å². The summed E-state index contributed by atoms with van der Waals surface area (Å²) in [5.41, 5.74) is 2.46. The Hall–Kier alpha value is -2.64. The van der Waals surface area contributed by atoms with E-state index in [9.17, 15) is 9.59 Å². The molecule has 2 atom stereocenters. The fourth-order valence-electron chi connectivity index (χ4n) is 5.04. The third kappa shape index (κ3) is 3.68. The topological polar surface area (TPSA) is 98.0 Å². The van der Waals surface area contributed by atoms with E-state index in [0.717, 1.165) is 58.3 Å². The summed E-state index contributed by atoms with van der Waals surface area (Å²) in [5, 5.41) is 13.8. The minimum atomic E-state index is -0.0976. The van der Waals surface area contributed by atoms with E-state index in [4.69, 9.17) is 0 Å². The van der Waals surface area contributed by atoms with Crippen LogP contribution < -0.4 is 0 Å². The molecule has 0 bridgehead atoms. The number of aromatic amines is 2. The number of hydrogen-bond donors (Lipinski definition) is 2. The fraction of sp³-hybridized carbons (Fsp3) is 0.619. The van der Waals surface area contributed by atoms with Crippen molar-refractivity contribution in [2.24, 2.45) is 11.8 Å². The summed E-state index contributed by atoms with van der Waals surface area (Å²) in [5.74, 6) is 1.13. The van der Waals surface area contributed by atoms with Gasteiger partial charge in [0, 0.05) is 38.6 Å². The van der Waals surface area contributed by atoms with Crippen molar-refractivity contribution in [2.45, 2.75) is 43.9 Å². The Morgan fingerprint density at radius 2 is 1.17 bits per heavy atom. The predicted molar refractivity (Wildman–Crippen MR) is 106 cm³/mol. The molecule has 154 valence electrons. The number of carbonyl (C=O) groups is 2. The van der Waals surface area contributed by atoms with Gasteiger partial charge in [-0.05, 0) is 55.1 Å². The summed E-state index contributed by atoms with van der Waals surface area (Å²) >= 11 is 0. The molecule has 2 aromatic rings. The number of piperidine rings is 2. The van der Waals surface area contributed by atoms with Crippen molar-refractivity contribution in [3.05, 3.63) is 35.9 Å². The van der Waals surface area contributed by atoms with Gasteiger partial charge >= 0.3 is 0 Å². The van der Waals surface area contributed by atoms with E-state index in [0.29, 0.717) is 11.8 Å². The number of nitrogens with zero attached hydrogens (tertiary/aromatic N) is 4. The van der Waals surface area contributed by atoms with Gasteiger partial charge in [0.1, 0.15) is 0 Å². The molecule has 8 nitrogen and oxygen atoms in total. The van der Waals surface area contributed by atoms with Gasteiger partial charge in [0.05, 0.1) is 24.2 Å². The van der Waals surface area contributed by atoms with E-state index < -0.39 is 0 Å². The van der Waals surface area contributed by atoms with Crippen LogP contribution in [0.3, 0.4) is 0 Å². The molecule has 5 rings (SSSR count). The normalized spacial score (nSPS) is 25.9. The highest BCUT2D eigenvalue weighted by atomic mass is 16.2. The summed E-state index contributed by atoms with van der Waals surface area (Å²) in [4.78, 5) is 29.7. The van der Waals surface area contributed by atoms with Gasteiger partial charge in [0.15, 0.2) is 0 Å². The molecule has 2 aromatic heterocycles. The van der Waals surface area contributed by atoms with E-state index >= 15 is 0 Å². The number of nitrogens with one attached hydrogen (secondary N) is 2. The molecule has 2 aliphatic heterocycles. The van der Waals surface area contributed by atoms with Crippen LogP contribution in [0, 0.1) is 11.8 Å². The van der Waals surface area contributed by atoms with Crippen molar-refractivity contribution in [3.63, 3.8) is 0 Å². The third-order valence-corrected chi connectivity index (χ3v) is 7.02. The molecule has 8 heteroatoms. The quantitative estimate of drug-likeness (QED) is 0.824. The SMILES string of the molecule is O=C(C1CC1C(=O)N1CCC(c2cn[nH]c2)CC1)N1CCC(c2cn[nH]c2)CC1. The van der Waals surface area contributed by atoms with E-state index in [-0.39, 0.29) is 23.7 Å². The van der Waals surface area contributed by atoms with Crippen LogP contribution in [0.1, 0.15) is 55.1 Å². The number of carbonyl (C=O) groups excluding carboxylic acids is 2. The Kier molecular flexibility index (Phi) is 4.85. The smallest absolute Gasteiger partial charge is 0.226 e. The van der Waals surface area contributed by atoms with E-state index in [1.807, 2.05) is 34.6 Å². The van der Waals surface area contributed by atoms with Crippen molar-refractivity contribution >= 4 is 11.8 Å². The highest BCUT2D eigenvalue weighted by molar-refractivity contribution is 5.92. The first kappa shape index (κ1) is 18.4. The number of amides is 2. The van der Waals surface area contributed by atoms with Crippen LogP contribution >= 0.6 is 0 Å². The Morgan fingerprint density at radius 3 is 1.52 bits per heavy atom. The average Bonchev–Trinajstić information content (AvgIpc) is 3.14. The molecular weight excluding hydrogens is 368 g/mol. The van der Waals surface area contributed by atoms with Crippen molar-refractivity contribution in [2.75, 3.05) is 26.2 Å². The number of likely N-dealkylation sites (tertiary alicyclic amines) is 2. The standard InChI is InChI=1S/C21H28N6O2/c28-20(26-5-1-14(2-6-26)16-10-22-23-11-16)18-9-19(18)21(29)27-7-3-15(4-8-27)17-12-24-25-13-17/h10-15,18-19H,1-9H2,(H,22,23)(H,24,25). The van der Waals surface area contributed by atoms with Crippen LogP contribution in [0.5, 0.6) is 0 Å². The summed E-state index contributed by atoms with van der Waals surface area (Å²) in [6, 6.07) is 0. The summed E-state index contributed by atoms with van der Waals surface area (Å²) in [6.07, 6.45) is 12.3. The molecule has 1 saturated carbocycles. The molecule has 0 aromatic carbocycles. The molecule has 3 aliphatic rings. The van der Waals surface area contributed by atoms with Crippen molar-refractivity contribution in [1.29, 1.82) is 0 Å². The molecule has 4 heterocycles. The minimum Gasteiger partial charge on any atom is -0.342 e. The molecule has 2 amide bonds. The molecule has 3 fully saturated rings. The van der Waals surface area contributed by atoms with Crippen molar-refractivity contribution in [1.82, 2.24) is 30.2 Å². The van der Waals surface area contributed by atoms with Crippen LogP contribution in [0.4, 0.5) is 0 Å². The van der Waals surface area contributed by atoms with Gasteiger partial charge in [-0.1, -0.05) is 0 Å². The second-order valence-corrected chi connectivity index (χ2v) is 8.71. The second-order valence-electron chi connectivity index (χ2n) is 8.71. The lowest BCUT2D eigenvalue weighted by Gasteiger charge is -2.33. The van der Waals surface area contributed by atoms with E-state index in [1.54, 1.807) is 0 Å². The Balaban J connectivity index is 1.09. The lowest BCUT2D eigenvalue weighted by Crippen LogP contribution is -2.41. The molecule has 2 unspecified atom stereocenters. The molecule has 1 aliphatic carbocycles. The molecule has 29 heavy (non-hydrogen) atoms. The van der Waals surface area contributed by atoms with Gasteiger partial charge in [0.25, 0.3) is 0 Å². The zero-order valence-corrected chi connectivity index (χ0v) is 16.6. The monoisotopic (exact) mass is 396 g/mol. The van der Waals surface area contributed by atoms with Crippen LogP contribution in [0.25, 0.3) is 0 Å². The van der Waals surface area contributed by atoms with Gasteiger partial charge in [-0.25, -0.2) is 0 Å². The Bertz CT molecular complexity index is 762. The zero-order chi connectivity index (χ0) is 19.8. The Morgan fingerprint density at radius 1 is 0.759 bits per heavy atom. The first-order valence-corrected chi connectivity index (χ1v) is 10.8. The molecular formula is C21H28N6O2. The molecule has 2 saturated heterocycles. The predicted octanol–water partition coefficient (Wildman–Crippen LogP) is 1.88. The van der Waals surface area contributed by atoms with Crippen molar-refractivity contribution in [3.8, 4) is 0 Å². The van der Waals surface area contributed by atoms with Crippen LogP contribution in [-0.2, 0) is 9.59 Å². The average molecular weight is 396 g/mol. The highest BCUT2D eigenvalue weighted by Gasteiger charge is 2.51. The van der Waals surface area contributed by atoms with Gasteiger partial charge < -0.3 is 9.80 Å². The number of aromatic nitrogens is 4. The largest absolute Gasteiger partial charge is 0.342 e. The van der Waals surface area contributed by atoms with Gasteiger partial charge in [-0.2, -0.15) is 10.2 Å². The van der Waals surface area contributed by atoms with Gasteiger partial charge in [-0.3, -0.25) is 19.8 Å². The highest BCUT2D eigenvalue weighted by Crippen LogP contribution is 2.43. The summed E-state index contributed by atoms with van der Waals surface area (Å²) in [7, 11) is 0. The van der Waals surface area contributed by atoms with Crippen molar-refractivity contribution < 1.29 is 9.59 Å². The summed E-state index contributed by atoms with van der Waals surface area (Å²) in [6.45, 7) is 3.12. The zero-order valence-electron chi connectivity index (χ0n) is 16.6. The van der Waals surface area contributed by atoms with Crippen LogP contribution in [0.2, 0.25) is 0 Å². The second kappa shape index (κ2) is 7.65. The maximum absolute atomic E-state index is 12.9. The molecule has 0 radical (unpaired) electrons. The fourth-order valence-corrected chi connectivity index (χ4v) is 5.04. The van der Waals surface area contributed by atoms with Gasteiger partial charge in [-0.15, -0.1) is 0 Å². The molecule has 0 spiro atoms. The van der Waals surface area contributed by atoms with E-state index in [1.165, 1.54) is 11.1 Å².